The normalized spacial score (nSPS) is 16.8. The van der Waals surface area contributed by atoms with Gasteiger partial charge in [-0.15, -0.1) is 0 Å². The molecule has 0 aromatic carbocycles. The maximum absolute atomic E-state index is 11.9. The minimum Gasteiger partial charge on any atom is -0.467 e. The number of urea groups is 1. The van der Waals surface area contributed by atoms with E-state index in [0.717, 1.165) is 38.5 Å². The van der Waals surface area contributed by atoms with Crippen molar-refractivity contribution in [2.24, 2.45) is 0 Å². The van der Waals surface area contributed by atoms with E-state index in [1.54, 1.807) is 6.26 Å². The van der Waals surface area contributed by atoms with E-state index in [1.165, 1.54) is 6.42 Å². The van der Waals surface area contributed by atoms with Gasteiger partial charge in [-0.2, -0.15) is 0 Å². The molecule has 0 unspecified atom stereocenters. The van der Waals surface area contributed by atoms with Gasteiger partial charge in [0.2, 0.25) is 0 Å². The number of amides is 2. The van der Waals surface area contributed by atoms with E-state index in [-0.39, 0.29) is 6.03 Å². The van der Waals surface area contributed by atoms with Crippen molar-refractivity contribution in [3.8, 4) is 0 Å². The van der Waals surface area contributed by atoms with Crippen molar-refractivity contribution in [2.45, 2.75) is 19.9 Å². The van der Waals surface area contributed by atoms with Crippen LogP contribution in [0.25, 0.3) is 0 Å². The summed E-state index contributed by atoms with van der Waals surface area (Å²) in [4.78, 5) is 16.2. The van der Waals surface area contributed by atoms with E-state index in [0.29, 0.717) is 6.54 Å². The number of carbonyl (C=O) groups excluding carboxylic acids is 1. The third-order valence-corrected chi connectivity index (χ3v) is 3.19. The zero-order valence-corrected chi connectivity index (χ0v) is 10.9. The van der Waals surface area contributed by atoms with Gasteiger partial charge in [0.25, 0.3) is 0 Å². The number of rotatable bonds is 4. The molecule has 18 heavy (non-hydrogen) atoms. The van der Waals surface area contributed by atoms with Crippen LogP contribution >= 0.6 is 0 Å². The van der Waals surface area contributed by atoms with Crippen LogP contribution in [-0.2, 0) is 6.54 Å². The van der Waals surface area contributed by atoms with Crippen molar-refractivity contribution in [1.29, 1.82) is 0 Å². The van der Waals surface area contributed by atoms with Crippen LogP contribution in [0.3, 0.4) is 0 Å². The lowest BCUT2D eigenvalue weighted by Gasteiger charge is -2.34. The summed E-state index contributed by atoms with van der Waals surface area (Å²) in [7, 11) is 0. The highest BCUT2D eigenvalue weighted by Crippen LogP contribution is 2.04. The Morgan fingerprint density at radius 3 is 2.78 bits per heavy atom. The molecule has 0 radical (unpaired) electrons. The van der Waals surface area contributed by atoms with Crippen LogP contribution in [0, 0.1) is 0 Å². The average molecular weight is 251 g/mol. The van der Waals surface area contributed by atoms with Crippen LogP contribution in [0.1, 0.15) is 19.1 Å². The molecule has 0 spiro atoms. The Kier molecular flexibility index (Phi) is 4.64. The van der Waals surface area contributed by atoms with Gasteiger partial charge in [0.05, 0.1) is 12.8 Å². The Labute approximate surface area is 108 Å². The molecule has 1 aliphatic rings. The highest BCUT2D eigenvalue weighted by atomic mass is 16.3. The largest absolute Gasteiger partial charge is 0.467 e. The predicted molar refractivity (Wildman–Crippen MR) is 69.2 cm³/mol. The third kappa shape index (κ3) is 3.50. The summed E-state index contributed by atoms with van der Waals surface area (Å²) in [6, 6.07) is 3.69. The average Bonchev–Trinajstić information content (AvgIpc) is 2.90. The molecule has 1 fully saturated rings. The third-order valence-electron chi connectivity index (χ3n) is 3.19. The van der Waals surface area contributed by atoms with E-state index in [9.17, 15) is 4.79 Å². The zero-order chi connectivity index (χ0) is 12.8. The smallest absolute Gasteiger partial charge is 0.317 e. The number of hydrogen-bond acceptors (Lipinski definition) is 3. The molecule has 0 aliphatic carbocycles. The standard InChI is InChI=1S/C13H21N3O2/c1-2-5-15-6-8-16(9-7-15)13(17)14-11-12-4-3-10-18-12/h3-4,10H,2,5-9,11H2,1H3,(H,14,17). The first kappa shape index (κ1) is 13.0. The Balaban J connectivity index is 1.70. The van der Waals surface area contributed by atoms with E-state index in [2.05, 4.69) is 17.1 Å². The number of nitrogens with zero attached hydrogens (tertiary/aromatic N) is 2. The maximum Gasteiger partial charge on any atom is 0.317 e. The SMILES string of the molecule is CCCN1CCN(C(=O)NCc2ccco2)CC1. The van der Waals surface area contributed by atoms with E-state index < -0.39 is 0 Å². The lowest BCUT2D eigenvalue weighted by Crippen LogP contribution is -2.51. The molecule has 2 heterocycles. The molecule has 0 saturated carbocycles. The van der Waals surface area contributed by atoms with Crippen molar-refractivity contribution in [3.63, 3.8) is 0 Å². The fourth-order valence-electron chi connectivity index (χ4n) is 2.18. The zero-order valence-electron chi connectivity index (χ0n) is 10.9. The van der Waals surface area contributed by atoms with Crippen LogP contribution in [0.2, 0.25) is 0 Å². The van der Waals surface area contributed by atoms with Crippen molar-refractivity contribution >= 4 is 6.03 Å². The highest BCUT2D eigenvalue weighted by Gasteiger charge is 2.20. The molecule has 1 aliphatic heterocycles. The molecular weight excluding hydrogens is 230 g/mol. The van der Waals surface area contributed by atoms with Crippen LogP contribution in [0.15, 0.2) is 22.8 Å². The van der Waals surface area contributed by atoms with Crippen LogP contribution in [0.4, 0.5) is 4.79 Å². The lowest BCUT2D eigenvalue weighted by molar-refractivity contribution is 0.139. The van der Waals surface area contributed by atoms with Crippen molar-refractivity contribution in [2.75, 3.05) is 32.7 Å². The predicted octanol–water partition coefficient (Wildman–Crippen LogP) is 1.52. The molecular formula is C13H21N3O2. The van der Waals surface area contributed by atoms with Gasteiger partial charge in [-0.25, -0.2) is 4.79 Å². The monoisotopic (exact) mass is 251 g/mol. The van der Waals surface area contributed by atoms with Crippen LogP contribution in [0.5, 0.6) is 0 Å². The second-order valence-electron chi connectivity index (χ2n) is 4.57. The van der Waals surface area contributed by atoms with Crippen molar-refractivity contribution in [1.82, 2.24) is 15.1 Å². The van der Waals surface area contributed by atoms with Gasteiger partial charge in [0.1, 0.15) is 5.76 Å². The number of furan rings is 1. The topological polar surface area (TPSA) is 48.7 Å². The molecule has 2 rings (SSSR count). The van der Waals surface area contributed by atoms with E-state index >= 15 is 0 Å². The molecule has 100 valence electrons. The van der Waals surface area contributed by atoms with Crippen LogP contribution in [-0.4, -0.2) is 48.6 Å². The number of carbonyl (C=O) groups is 1. The fraction of sp³-hybridized carbons (Fsp3) is 0.615. The summed E-state index contributed by atoms with van der Waals surface area (Å²) < 4.78 is 5.18. The van der Waals surface area contributed by atoms with Crippen LogP contribution < -0.4 is 5.32 Å². The molecule has 0 atom stereocenters. The van der Waals surface area contributed by atoms with Crippen molar-refractivity contribution < 1.29 is 9.21 Å². The number of piperazine rings is 1. The summed E-state index contributed by atoms with van der Waals surface area (Å²) in [5.41, 5.74) is 0. The quantitative estimate of drug-likeness (QED) is 0.882. The van der Waals surface area contributed by atoms with Gasteiger partial charge in [-0.1, -0.05) is 6.92 Å². The summed E-state index contributed by atoms with van der Waals surface area (Å²) in [6.07, 6.45) is 2.79. The summed E-state index contributed by atoms with van der Waals surface area (Å²) >= 11 is 0. The van der Waals surface area contributed by atoms with Gasteiger partial charge in [-0.05, 0) is 25.1 Å². The first-order chi connectivity index (χ1) is 8.79. The molecule has 0 bridgehead atoms. The van der Waals surface area contributed by atoms with Gasteiger partial charge >= 0.3 is 6.03 Å². The van der Waals surface area contributed by atoms with E-state index in [1.807, 2.05) is 17.0 Å². The van der Waals surface area contributed by atoms with Gasteiger partial charge in [-0.3, -0.25) is 4.90 Å². The summed E-state index contributed by atoms with van der Waals surface area (Å²) in [6.45, 7) is 7.34. The summed E-state index contributed by atoms with van der Waals surface area (Å²) in [5.74, 6) is 0.785. The molecule has 1 N–H and O–H groups in total. The molecule has 1 aromatic heterocycles. The number of nitrogens with one attached hydrogen (secondary N) is 1. The molecule has 5 heteroatoms. The van der Waals surface area contributed by atoms with Gasteiger partial charge in [0.15, 0.2) is 0 Å². The first-order valence-electron chi connectivity index (χ1n) is 6.57. The molecule has 1 saturated heterocycles. The second-order valence-corrected chi connectivity index (χ2v) is 4.57. The minimum atomic E-state index is 0.00236. The van der Waals surface area contributed by atoms with Gasteiger partial charge < -0.3 is 14.6 Å². The van der Waals surface area contributed by atoms with Gasteiger partial charge in [0, 0.05) is 26.2 Å². The lowest BCUT2D eigenvalue weighted by atomic mass is 10.3. The fourth-order valence-corrected chi connectivity index (χ4v) is 2.18. The molecule has 5 nitrogen and oxygen atoms in total. The Morgan fingerprint density at radius 1 is 1.39 bits per heavy atom. The first-order valence-corrected chi connectivity index (χ1v) is 6.57. The maximum atomic E-state index is 11.9. The Morgan fingerprint density at radius 2 is 2.17 bits per heavy atom. The Bertz CT molecular complexity index is 356. The summed E-state index contributed by atoms with van der Waals surface area (Å²) in [5, 5.41) is 2.88. The molecule has 2 amide bonds. The Hall–Kier alpha value is -1.49. The van der Waals surface area contributed by atoms with E-state index in [4.69, 9.17) is 4.42 Å². The minimum absolute atomic E-state index is 0.00236. The highest BCUT2D eigenvalue weighted by molar-refractivity contribution is 5.74. The van der Waals surface area contributed by atoms with Crippen molar-refractivity contribution in [3.05, 3.63) is 24.2 Å². The number of hydrogen-bond donors (Lipinski definition) is 1. The second kappa shape index (κ2) is 6.44. The molecule has 1 aromatic rings.